The molecule has 1 saturated carbocycles. The van der Waals surface area contributed by atoms with Crippen molar-refractivity contribution in [1.82, 2.24) is 15.0 Å². The molecule has 0 radical (unpaired) electrons. The molecule has 7 nitrogen and oxygen atoms in total. The molecule has 5 rings (SSSR count). The van der Waals surface area contributed by atoms with E-state index in [1.54, 1.807) is 29.2 Å². The van der Waals surface area contributed by atoms with E-state index in [2.05, 4.69) is 16.4 Å². The summed E-state index contributed by atoms with van der Waals surface area (Å²) in [6.07, 6.45) is 5.31. The van der Waals surface area contributed by atoms with Gasteiger partial charge in [0.05, 0.1) is 25.0 Å². The molecule has 1 aliphatic heterocycles. The summed E-state index contributed by atoms with van der Waals surface area (Å²) in [6.45, 7) is 0.945. The van der Waals surface area contributed by atoms with E-state index in [-0.39, 0.29) is 18.5 Å². The second-order valence-corrected chi connectivity index (χ2v) is 7.39. The van der Waals surface area contributed by atoms with Crippen molar-refractivity contribution in [2.45, 2.75) is 19.1 Å². The zero-order valence-electron chi connectivity index (χ0n) is 14.5. The van der Waals surface area contributed by atoms with E-state index in [4.69, 9.17) is 4.74 Å². The van der Waals surface area contributed by atoms with Crippen LogP contribution in [-0.2, 0) is 11.3 Å². The largest absolute Gasteiger partial charge is 0.442 e. The highest BCUT2D eigenvalue weighted by Crippen LogP contribution is 2.57. The smallest absolute Gasteiger partial charge is 0.414 e. The Hall–Kier alpha value is -2.74. The van der Waals surface area contributed by atoms with Gasteiger partial charge in [-0.05, 0) is 47.9 Å². The fourth-order valence-corrected chi connectivity index (χ4v) is 4.32. The summed E-state index contributed by atoms with van der Waals surface area (Å²) >= 11 is 0. The maximum absolute atomic E-state index is 14.7. The third-order valence-electron chi connectivity index (χ3n) is 5.80. The lowest BCUT2D eigenvalue weighted by atomic mass is 10.00. The van der Waals surface area contributed by atoms with Crippen LogP contribution in [0.2, 0.25) is 0 Å². The second kappa shape index (κ2) is 6.16. The zero-order valence-corrected chi connectivity index (χ0v) is 14.5. The maximum Gasteiger partial charge on any atom is 0.414 e. The zero-order chi connectivity index (χ0) is 18.5. The summed E-state index contributed by atoms with van der Waals surface area (Å²) in [4.78, 5) is 13.6. The van der Waals surface area contributed by atoms with Gasteiger partial charge in [-0.25, -0.2) is 13.9 Å². The number of halogens is 1. The number of cyclic esters (lactones) is 1. The number of hydrogen-bond donors (Lipinski definition) is 1. The molecule has 1 amide bonds. The summed E-state index contributed by atoms with van der Waals surface area (Å²) in [5.74, 6) is 0.843. The molecule has 1 N–H and O–H groups in total. The SMILES string of the molecule is O=C1O[C@@H](Cn2ccnn2)CN1c1ccc(C2=CC3C(CO)C3C2)c(F)c1. The molecule has 140 valence electrons. The van der Waals surface area contributed by atoms with Crippen molar-refractivity contribution >= 4 is 17.4 Å². The van der Waals surface area contributed by atoms with Gasteiger partial charge < -0.3 is 9.84 Å². The lowest BCUT2D eigenvalue weighted by Crippen LogP contribution is -2.26. The normalized spacial score (nSPS) is 28.9. The predicted octanol–water partition coefficient (Wildman–Crippen LogP) is 2.08. The summed E-state index contributed by atoms with van der Waals surface area (Å²) in [5.41, 5.74) is 2.06. The van der Waals surface area contributed by atoms with Crippen LogP contribution in [-0.4, -0.2) is 45.4 Å². The van der Waals surface area contributed by atoms with Gasteiger partial charge in [-0.3, -0.25) is 4.90 Å². The van der Waals surface area contributed by atoms with Gasteiger partial charge in [0.1, 0.15) is 11.9 Å². The molecule has 8 heteroatoms. The summed E-state index contributed by atoms with van der Waals surface area (Å²) in [7, 11) is 0. The first kappa shape index (κ1) is 16.4. The van der Waals surface area contributed by atoms with Crippen LogP contribution in [0.4, 0.5) is 14.9 Å². The van der Waals surface area contributed by atoms with Crippen LogP contribution in [0.5, 0.6) is 0 Å². The first-order valence-corrected chi connectivity index (χ1v) is 9.08. The van der Waals surface area contributed by atoms with Crippen molar-refractivity contribution in [3.8, 4) is 0 Å². The van der Waals surface area contributed by atoms with Gasteiger partial charge in [0, 0.05) is 18.4 Å². The van der Waals surface area contributed by atoms with E-state index in [0.717, 1.165) is 12.0 Å². The average molecular weight is 370 g/mol. The number of nitrogens with zero attached hydrogens (tertiary/aromatic N) is 4. The minimum absolute atomic E-state index is 0.202. The molecule has 1 aromatic carbocycles. The molecule has 3 unspecified atom stereocenters. The van der Waals surface area contributed by atoms with E-state index in [9.17, 15) is 14.3 Å². The van der Waals surface area contributed by atoms with Crippen LogP contribution in [0.3, 0.4) is 0 Å². The maximum atomic E-state index is 14.7. The molecule has 2 aromatic rings. The minimum atomic E-state index is -0.487. The molecule has 1 aromatic heterocycles. The quantitative estimate of drug-likeness (QED) is 0.872. The fourth-order valence-electron chi connectivity index (χ4n) is 4.32. The first-order valence-electron chi connectivity index (χ1n) is 9.08. The third-order valence-corrected chi connectivity index (χ3v) is 5.80. The van der Waals surface area contributed by atoms with Gasteiger partial charge in [0.25, 0.3) is 0 Å². The standard InChI is InChI=1S/C19H19FN4O3/c20-18-7-12(1-2-14(18)11-5-15-16(6-11)17(15)10-25)24-9-13(27-19(24)26)8-23-4-3-21-22-23/h1-5,7,13,15-17,25H,6,8-10H2/t13-,15?,16?,17?/m0/s1. The van der Waals surface area contributed by atoms with E-state index in [1.807, 2.05) is 0 Å². The van der Waals surface area contributed by atoms with Gasteiger partial charge >= 0.3 is 6.09 Å². The molecule has 0 bridgehead atoms. The molecule has 4 atom stereocenters. The minimum Gasteiger partial charge on any atom is -0.442 e. The monoisotopic (exact) mass is 370 g/mol. The number of rotatable bonds is 5. The number of hydrogen-bond acceptors (Lipinski definition) is 5. The van der Waals surface area contributed by atoms with E-state index in [1.165, 1.54) is 11.0 Å². The Labute approximate surface area is 155 Å². The fraction of sp³-hybridized carbons (Fsp3) is 0.421. The van der Waals surface area contributed by atoms with Crippen LogP contribution in [0.25, 0.3) is 5.57 Å². The number of aliphatic hydroxyl groups is 1. The Morgan fingerprint density at radius 2 is 2.26 bits per heavy atom. The topological polar surface area (TPSA) is 80.5 Å². The van der Waals surface area contributed by atoms with Gasteiger partial charge in [-0.2, -0.15) is 0 Å². The molecular formula is C19H19FN4O3. The third kappa shape index (κ3) is 2.80. The van der Waals surface area contributed by atoms with Gasteiger partial charge in [0.15, 0.2) is 0 Å². The predicted molar refractivity (Wildman–Crippen MR) is 94.2 cm³/mol. The Balaban J connectivity index is 1.31. The van der Waals surface area contributed by atoms with Crippen molar-refractivity contribution < 1.29 is 19.0 Å². The van der Waals surface area contributed by atoms with E-state index in [0.29, 0.717) is 42.1 Å². The number of benzene rings is 1. The highest BCUT2D eigenvalue weighted by molar-refractivity contribution is 5.90. The van der Waals surface area contributed by atoms with Crippen molar-refractivity contribution in [3.63, 3.8) is 0 Å². The number of fused-ring (bicyclic) bond motifs is 1. The molecule has 2 heterocycles. The van der Waals surface area contributed by atoms with Crippen LogP contribution >= 0.6 is 0 Å². The highest BCUT2D eigenvalue weighted by atomic mass is 19.1. The number of ether oxygens (including phenoxy) is 1. The van der Waals surface area contributed by atoms with Crippen molar-refractivity contribution in [1.29, 1.82) is 0 Å². The van der Waals surface area contributed by atoms with E-state index >= 15 is 0 Å². The molecular weight excluding hydrogens is 351 g/mol. The number of anilines is 1. The molecule has 2 aliphatic carbocycles. The first-order chi connectivity index (χ1) is 13.1. The Morgan fingerprint density at radius 3 is 2.93 bits per heavy atom. The van der Waals surface area contributed by atoms with Crippen LogP contribution in [0, 0.1) is 23.6 Å². The van der Waals surface area contributed by atoms with Crippen molar-refractivity contribution in [3.05, 3.63) is 48.0 Å². The lowest BCUT2D eigenvalue weighted by Gasteiger charge is -2.15. The van der Waals surface area contributed by atoms with Gasteiger partial charge in [0.2, 0.25) is 0 Å². The molecule has 0 spiro atoms. The number of aliphatic hydroxyl groups excluding tert-OH is 1. The molecule has 27 heavy (non-hydrogen) atoms. The average Bonchev–Trinajstić information content (AvgIpc) is 3.11. The van der Waals surface area contributed by atoms with Crippen molar-refractivity contribution in [2.24, 2.45) is 17.8 Å². The number of allylic oxidation sites excluding steroid dienone is 2. The second-order valence-electron chi connectivity index (χ2n) is 7.39. The van der Waals surface area contributed by atoms with Gasteiger partial charge in [-0.15, -0.1) is 5.10 Å². The molecule has 1 saturated heterocycles. The summed E-state index contributed by atoms with van der Waals surface area (Å²) < 4.78 is 21.7. The number of aromatic nitrogens is 3. The lowest BCUT2D eigenvalue weighted by molar-refractivity contribution is 0.129. The van der Waals surface area contributed by atoms with Crippen LogP contribution in [0.15, 0.2) is 36.7 Å². The number of amides is 1. The molecule has 3 aliphatic rings. The van der Waals surface area contributed by atoms with Gasteiger partial charge in [-0.1, -0.05) is 11.3 Å². The Bertz CT molecular complexity index is 914. The number of carbonyl (C=O) groups excluding carboxylic acids is 1. The van der Waals surface area contributed by atoms with Crippen molar-refractivity contribution in [2.75, 3.05) is 18.1 Å². The Kier molecular flexibility index (Phi) is 3.75. The Morgan fingerprint density at radius 1 is 1.37 bits per heavy atom. The number of carbonyl (C=O) groups is 1. The van der Waals surface area contributed by atoms with E-state index < -0.39 is 6.09 Å². The highest BCUT2D eigenvalue weighted by Gasteiger charge is 2.51. The summed E-state index contributed by atoms with van der Waals surface area (Å²) in [6, 6.07) is 4.88. The summed E-state index contributed by atoms with van der Waals surface area (Å²) in [5, 5.41) is 16.8. The van der Waals surface area contributed by atoms with Crippen LogP contribution < -0.4 is 4.90 Å². The van der Waals surface area contributed by atoms with Crippen LogP contribution in [0.1, 0.15) is 12.0 Å². The molecule has 2 fully saturated rings.